The zero-order chi connectivity index (χ0) is 12.8. The smallest absolute Gasteiger partial charge is 0.523 e. The Kier molecular flexibility index (Phi) is 6.42. The lowest BCUT2D eigenvalue weighted by molar-refractivity contribution is -0.172. The Labute approximate surface area is 91.8 Å². The number of alkyl halides is 3. The van der Waals surface area contributed by atoms with Crippen molar-refractivity contribution in [2.75, 3.05) is 6.61 Å². The summed E-state index contributed by atoms with van der Waals surface area (Å²) in [5, 5.41) is 0. The summed E-state index contributed by atoms with van der Waals surface area (Å²) in [7, 11) is -8.42. The molecule has 0 spiro atoms. The fraction of sp³-hybridized carbons (Fsp3) is 0.833. The Morgan fingerprint density at radius 3 is 2.44 bits per heavy atom. The van der Waals surface area contributed by atoms with Crippen LogP contribution in [0.15, 0.2) is 0 Å². The van der Waals surface area contributed by atoms with E-state index in [-0.39, 0.29) is 12.6 Å². The average molecular weight is 282 g/mol. The third-order valence-electron chi connectivity index (χ3n) is 1.26. The highest BCUT2D eigenvalue weighted by molar-refractivity contribution is 7.88. The molecule has 0 fully saturated rings. The van der Waals surface area contributed by atoms with Gasteiger partial charge in [-0.2, -0.15) is 30.3 Å². The number of hydrogen-bond donors (Lipinski definition) is 0. The molecule has 0 rings (SSSR count). The molecule has 0 aromatic heterocycles. The molecule has 10 heteroatoms. The Balaban J connectivity index is 4.27. The molecule has 0 bridgehead atoms. The van der Waals surface area contributed by atoms with E-state index in [1.807, 2.05) is 6.92 Å². The van der Waals surface area contributed by atoms with E-state index in [1.165, 1.54) is 0 Å². The molecule has 0 N–H and O–H groups in total. The summed E-state index contributed by atoms with van der Waals surface area (Å²) in [5.74, 6) is 0.0216. The molecular formula is C6H10F3O5PS. The van der Waals surface area contributed by atoms with Crippen LogP contribution in [0.5, 0.6) is 0 Å². The van der Waals surface area contributed by atoms with Crippen LogP contribution in [0, 0.1) is 0 Å². The van der Waals surface area contributed by atoms with Crippen LogP contribution in [-0.2, 0) is 18.8 Å². The lowest BCUT2D eigenvalue weighted by Gasteiger charge is -2.03. The van der Waals surface area contributed by atoms with Gasteiger partial charge in [-0.25, -0.2) is 0 Å². The van der Waals surface area contributed by atoms with Crippen LogP contribution < -0.4 is 4.89 Å². The van der Waals surface area contributed by atoms with E-state index in [1.54, 1.807) is 0 Å². The fourth-order valence-electron chi connectivity index (χ4n) is 0.476. The van der Waals surface area contributed by atoms with Crippen LogP contribution >= 0.6 is 8.00 Å². The van der Waals surface area contributed by atoms with Crippen LogP contribution in [0.25, 0.3) is 0 Å². The SMILES string of the molecule is CCCCO[P+]([O-])=COS(=O)(=O)C(F)(F)F. The van der Waals surface area contributed by atoms with Crippen molar-refractivity contribution >= 4 is 24.1 Å². The van der Waals surface area contributed by atoms with Gasteiger partial charge in [-0.15, -0.1) is 0 Å². The molecule has 0 aromatic rings. The third-order valence-corrected chi connectivity index (χ3v) is 3.03. The van der Waals surface area contributed by atoms with Gasteiger partial charge in [0.05, 0.1) is 6.61 Å². The second-order valence-electron chi connectivity index (χ2n) is 2.57. The summed E-state index contributed by atoms with van der Waals surface area (Å²) in [4.78, 5) is 10.8. The highest BCUT2D eigenvalue weighted by Crippen LogP contribution is 2.25. The molecule has 1 atom stereocenters. The van der Waals surface area contributed by atoms with Gasteiger partial charge in [-0.1, -0.05) is 13.3 Å². The van der Waals surface area contributed by atoms with Crippen molar-refractivity contribution < 1.29 is 35.2 Å². The molecule has 16 heavy (non-hydrogen) atoms. The van der Waals surface area contributed by atoms with Gasteiger partial charge in [0.1, 0.15) is 0 Å². The van der Waals surface area contributed by atoms with Crippen LogP contribution in [-0.4, -0.2) is 26.5 Å². The van der Waals surface area contributed by atoms with Gasteiger partial charge >= 0.3 is 15.6 Å². The van der Waals surface area contributed by atoms with Crippen LogP contribution in [0.3, 0.4) is 0 Å². The van der Waals surface area contributed by atoms with Gasteiger partial charge in [-0.05, 0) is 6.42 Å². The predicted molar refractivity (Wildman–Crippen MR) is 49.9 cm³/mol. The minimum atomic E-state index is -5.74. The van der Waals surface area contributed by atoms with Gasteiger partial charge in [0.2, 0.25) is 8.00 Å². The maximum Gasteiger partial charge on any atom is 0.523 e. The first-order valence-electron chi connectivity index (χ1n) is 4.13. The largest absolute Gasteiger partial charge is 0.601 e. The molecule has 0 aliphatic carbocycles. The minimum Gasteiger partial charge on any atom is -0.601 e. The second kappa shape index (κ2) is 6.51. The van der Waals surface area contributed by atoms with Crippen molar-refractivity contribution in [2.24, 2.45) is 0 Å². The minimum absolute atomic E-state index is 0.0216. The number of rotatable bonds is 6. The van der Waals surface area contributed by atoms with Gasteiger partial charge in [-0.3, -0.25) is 0 Å². The van der Waals surface area contributed by atoms with Crippen molar-refractivity contribution in [3.8, 4) is 0 Å². The summed E-state index contributed by atoms with van der Waals surface area (Å²) in [6.07, 6.45) is 1.30. The molecule has 0 saturated carbocycles. The molecule has 0 radical (unpaired) electrons. The lowest BCUT2D eigenvalue weighted by Crippen LogP contribution is -2.25. The Morgan fingerprint density at radius 1 is 1.44 bits per heavy atom. The zero-order valence-electron chi connectivity index (χ0n) is 8.23. The van der Waals surface area contributed by atoms with Crippen molar-refractivity contribution in [3.05, 3.63) is 0 Å². The number of unbranched alkanes of at least 4 members (excludes halogenated alkanes) is 1. The maximum absolute atomic E-state index is 11.7. The van der Waals surface area contributed by atoms with E-state index in [2.05, 4.69) is 8.71 Å². The zero-order valence-corrected chi connectivity index (χ0v) is 9.94. The summed E-state index contributed by atoms with van der Waals surface area (Å²) < 4.78 is 63.7. The quantitative estimate of drug-likeness (QED) is 0.315. The van der Waals surface area contributed by atoms with Crippen molar-refractivity contribution in [1.82, 2.24) is 0 Å². The average Bonchev–Trinajstić information content (AvgIpc) is 2.13. The van der Waals surface area contributed by atoms with Crippen LogP contribution in [0.4, 0.5) is 13.2 Å². The Bertz CT molecular complexity index is 337. The van der Waals surface area contributed by atoms with Crippen molar-refractivity contribution in [3.63, 3.8) is 0 Å². The van der Waals surface area contributed by atoms with Gasteiger partial charge in [0.15, 0.2) is 0 Å². The first-order chi connectivity index (χ1) is 7.20. The highest BCUT2D eigenvalue weighted by Gasteiger charge is 2.47. The monoisotopic (exact) mass is 282 g/mol. The molecular weight excluding hydrogens is 272 g/mol. The first-order valence-corrected chi connectivity index (χ1v) is 6.78. The molecule has 0 aliphatic heterocycles. The summed E-state index contributed by atoms with van der Waals surface area (Å²) in [6, 6.07) is 0. The molecule has 0 aromatic carbocycles. The lowest BCUT2D eigenvalue weighted by atomic mass is 10.4. The number of hydrogen-bond acceptors (Lipinski definition) is 5. The summed E-state index contributed by atoms with van der Waals surface area (Å²) in [6.45, 7) is 1.88. The molecule has 96 valence electrons. The van der Waals surface area contributed by atoms with Gasteiger partial charge in [0, 0.05) is 0 Å². The second-order valence-corrected chi connectivity index (χ2v) is 5.18. The topological polar surface area (TPSA) is 75.7 Å². The predicted octanol–water partition coefficient (Wildman–Crippen LogP) is 1.10. The van der Waals surface area contributed by atoms with Crippen molar-refractivity contribution in [2.45, 2.75) is 25.3 Å². The highest BCUT2D eigenvalue weighted by atomic mass is 32.2. The molecule has 5 nitrogen and oxygen atoms in total. The fourth-order valence-corrected chi connectivity index (χ4v) is 1.69. The molecule has 0 saturated heterocycles. The van der Waals surface area contributed by atoms with E-state index in [9.17, 15) is 26.5 Å². The first kappa shape index (κ1) is 15.8. The summed E-state index contributed by atoms with van der Waals surface area (Å²) in [5.41, 5.74) is -5.54. The molecule has 1 unspecified atom stereocenters. The summed E-state index contributed by atoms with van der Waals surface area (Å²) >= 11 is 0. The normalized spacial score (nSPS) is 14.2. The van der Waals surface area contributed by atoms with E-state index < -0.39 is 23.6 Å². The van der Waals surface area contributed by atoms with E-state index >= 15 is 0 Å². The standard InChI is InChI=1S/C6H10F3O5PS/c1-2-3-4-13-15(10)5-14-16(11,12)6(7,8)9/h5H,2-4H2,1H3. The Morgan fingerprint density at radius 2 is 2.00 bits per heavy atom. The Hall–Kier alpha value is -0.210. The molecule has 0 heterocycles. The van der Waals surface area contributed by atoms with Crippen LogP contribution in [0.2, 0.25) is 0 Å². The molecule has 0 amide bonds. The van der Waals surface area contributed by atoms with E-state index in [4.69, 9.17) is 0 Å². The van der Waals surface area contributed by atoms with Crippen LogP contribution in [0.1, 0.15) is 19.8 Å². The van der Waals surface area contributed by atoms with Crippen molar-refractivity contribution in [1.29, 1.82) is 0 Å². The maximum atomic E-state index is 11.7. The van der Waals surface area contributed by atoms with E-state index in [0.29, 0.717) is 6.42 Å². The van der Waals surface area contributed by atoms with E-state index in [0.717, 1.165) is 6.42 Å². The molecule has 0 aliphatic rings. The van der Waals surface area contributed by atoms with Gasteiger partial charge < -0.3 is 4.89 Å². The van der Waals surface area contributed by atoms with Gasteiger partial charge in [0.25, 0.3) is 5.98 Å². The third kappa shape index (κ3) is 5.76. The number of halogens is 3.